The fraction of sp³-hybridized carbons (Fsp3) is 0.263. The number of benzene rings is 2. The summed E-state index contributed by atoms with van der Waals surface area (Å²) in [6.07, 6.45) is 6.16. The summed E-state index contributed by atoms with van der Waals surface area (Å²) in [7, 11) is 0. The van der Waals surface area contributed by atoms with Crippen LogP contribution in [-0.2, 0) is 12.8 Å². The molecule has 1 aliphatic rings. The first-order chi connectivity index (χ1) is 9.78. The summed E-state index contributed by atoms with van der Waals surface area (Å²) in [5.74, 6) is -0.0731. The molecule has 1 heteroatoms. The molecule has 1 aliphatic carbocycles. The normalized spacial score (nSPS) is 13.8. The Morgan fingerprint density at radius 1 is 1.00 bits per heavy atom. The Kier molecular flexibility index (Phi) is 3.68. The lowest BCUT2D eigenvalue weighted by atomic mass is 9.88. The highest BCUT2D eigenvalue weighted by Gasteiger charge is 2.14. The molecule has 0 bridgehead atoms. The summed E-state index contributed by atoms with van der Waals surface area (Å²) in [6.45, 7) is 2.20. The number of aryl methyl sites for hydroxylation is 1. The van der Waals surface area contributed by atoms with Crippen molar-refractivity contribution in [3.8, 4) is 0 Å². The van der Waals surface area contributed by atoms with E-state index in [0.29, 0.717) is 0 Å². The molecule has 0 atom stereocenters. The first-order valence-corrected chi connectivity index (χ1v) is 7.35. The molecular formula is C19H19F. The number of allylic oxidation sites excluding steroid dienone is 1. The lowest BCUT2D eigenvalue weighted by molar-refractivity contribution is 0.608. The molecule has 0 amide bonds. The van der Waals surface area contributed by atoms with Crippen LogP contribution in [0.1, 0.15) is 42.0 Å². The van der Waals surface area contributed by atoms with Gasteiger partial charge in [0.25, 0.3) is 0 Å². The predicted octanol–water partition coefficient (Wildman–Crippen LogP) is 5.27. The van der Waals surface area contributed by atoms with Gasteiger partial charge in [0, 0.05) is 0 Å². The second-order valence-corrected chi connectivity index (χ2v) is 5.42. The molecule has 3 rings (SSSR count). The Balaban J connectivity index is 1.91. The first-order valence-electron chi connectivity index (χ1n) is 7.35. The van der Waals surface area contributed by atoms with Gasteiger partial charge in [-0.15, -0.1) is 0 Å². The maximum absolute atomic E-state index is 13.7. The fourth-order valence-corrected chi connectivity index (χ4v) is 2.90. The number of halogens is 1. The molecule has 0 unspecified atom stereocenters. The van der Waals surface area contributed by atoms with E-state index >= 15 is 0 Å². The summed E-state index contributed by atoms with van der Waals surface area (Å²) in [6, 6.07) is 14.2. The monoisotopic (exact) mass is 266 g/mol. The van der Waals surface area contributed by atoms with Crippen molar-refractivity contribution in [2.75, 3.05) is 0 Å². The van der Waals surface area contributed by atoms with E-state index in [0.717, 1.165) is 30.4 Å². The van der Waals surface area contributed by atoms with Crippen LogP contribution < -0.4 is 0 Å². The summed E-state index contributed by atoms with van der Waals surface area (Å²) < 4.78 is 13.7. The molecule has 0 saturated heterocycles. The van der Waals surface area contributed by atoms with E-state index in [2.05, 4.69) is 37.3 Å². The van der Waals surface area contributed by atoms with Crippen molar-refractivity contribution in [3.63, 3.8) is 0 Å². The van der Waals surface area contributed by atoms with Crippen LogP contribution in [-0.4, -0.2) is 0 Å². The van der Waals surface area contributed by atoms with Crippen molar-refractivity contribution >= 4 is 11.6 Å². The molecule has 2 aromatic carbocycles. The summed E-state index contributed by atoms with van der Waals surface area (Å²) in [5.41, 5.74) is 5.85. The van der Waals surface area contributed by atoms with E-state index in [1.54, 1.807) is 12.1 Å². The van der Waals surface area contributed by atoms with Gasteiger partial charge in [0.1, 0.15) is 5.82 Å². The molecule has 0 N–H and O–H groups in total. The van der Waals surface area contributed by atoms with E-state index in [1.165, 1.54) is 23.1 Å². The lowest BCUT2D eigenvalue weighted by Crippen LogP contribution is -2.01. The molecular weight excluding hydrogens is 247 g/mol. The van der Waals surface area contributed by atoms with E-state index < -0.39 is 0 Å². The average Bonchev–Trinajstić information content (AvgIpc) is 2.48. The first kappa shape index (κ1) is 13.1. The van der Waals surface area contributed by atoms with Gasteiger partial charge in [-0.1, -0.05) is 55.8 Å². The van der Waals surface area contributed by atoms with Crippen LogP contribution in [0.4, 0.5) is 4.39 Å². The van der Waals surface area contributed by atoms with Gasteiger partial charge in [-0.25, -0.2) is 4.39 Å². The van der Waals surface area contributed by atoms with Crippen molar-refractivity contribution in [1.29, 1.82) is 0 Å². The molecule has 20 heavy (non-hydrogen) atoms. The van der Waals surface area contributed by atoms with Gasteiger partial charge in [0.05, 0.1) is 0 Å². The second kappa shape index (κ2) is 5.62. The standard InChI is InChI=1S/C19H19F/c1-2-4-14-7-9-15(10-8-14)16-11-12-18-17(13-16)5-3-6-19(18)20/h3,5-10,13H,2,4,11-12H2,1H3. The quantitative estimate of drug-likeness (QED) is 0.710. The highest BCUT2D eigenvalue weighted by Crippen LogP contribution is 2.31. The van der Waals surface area contributed by atoms with Crippen LogP contribution in [0.15, 0.2) is 42.5 Å². The minimum absolute atomic E-state index is 0.0731. The third-order valence-electron chi connectivity index (χ3n) is 3.99. The maximum Gasteiger partial charge on any atom is 0.127 e. The highest BCUT2D eigenvalue weighted by atomic mass is 19.1. The predicted molar refractivity (Wildman–Crippen MR) is 83.0 cm³/mol. The zero-order valence-electron chi connectivity index (χ0n) is 11.8. The van der Waals surface area contributed by atoms with E-state index in [1.807, 2.05) is 6.07 Å². The molecule has 0 radical (unpaired) electrons. The summed E-state index contributed by atoms with van der Waals surface area (Å²) in [5, 5.41) is 0. The van der Waals surface area contributed by atoms with Gasteiger partial charge in [0.15, 0.2) is 0 Å². The number of hydrogen-bond acceptors (Lipinski definition) is 0. The van der Waals surface area contributed by atoms with Gasteiger partial charge < -0.3 is 0 Å². The van der Waals surface area contributed by atoms with Gasteiger partial charge in [-0.05, 0) is 53.2 Å². The topological polar surface area (TPSA) is 0 Å². The van der Waals surface area contributed by atoms with Crippen LogP contribution in [0.2, 0.25) is 0 Å². The molecule has 0 heterocycles. The van der Waals surface area contributed by atoms with Crippen molar-refractivity contribution in [3.05, 3.63) is 70.5 Å². The van der Waals surface area contributed by atoms with Gasteiger partial charge in [0.2, 0.25) is 0 Å². The van der Waals surface area contributed by atoms with Gasteiger partial charge in [-0.3, -0.25) is 0 Å². The average molecular weight is 266 g/mol. The van der Waals surface area contributed by atoms with Crippen LogP contribution in [0.5, 0.6) is 0 Å². The largest absolute Gasteiger partial charge is 0.207 e. The van der Waals surface area contributed by atoms with Gasteiger partial charge >= 0.3 is 0 Å². The molecule has 0 aromatic heterocycles. The van der Waals surface area contributed by atoms with Crippen LogP contribution in [0.3, 0.4) is 0 Å². The van der Waals surface area contributed by atoms with Gasteiger partial charge in [-0.2, -0.15) is 0 Å². The smallest absolute Gasteiger partial charge is 0.127 e. The number of fused-ring (bicyclic) bond motifs is 1. The Hall–Kier alpha value is -1.89. The third kappa shape index (κ3) is 2.53. The zero-order chi connectivity index (χ0) is 13.9. The molecule has 2 aromatic rings. The minimum Gasteiger partial charge on any atom is -0.207 e. The Bertz CT molecular complexity index is 635. The number of rotatable bonds is 3. The van der Waals surface area contributed by atoms with E-state index in [9.17, 15) is 4.39 Å². The van der Waals surface area contributed by atoms with Crippen LogP contribution >= 0.6 is 0 Å². The Morgan fingerprint density at radius 3 is 2.55 bits per heavy atom. The van der Waals surface area contributed by atoms with Crippen molar-refractivity contribution in [2.45, 2.75) is 32.6 Å². The van der Waals surface area contributed by atoms with E-state index in [4.69, 9.17) is 0 Å². The summed E-state index contributed by atoms with van der Waals surface area (Å²) in [4.78, 5) is 0. The molecule has 0 nitrogen and oxygen atoms in total. The third-order valence-corrected chi connectivity index (χ3v) is 3.99. The van der Waals surface area contributed by atoms with Crippen molar-refractivity contribution in [1.82, 2.24) is 0 Å². The zero-order valence-corrected chi connectivity index (χ0v) is 11.8. The maximum atomic E-state index is 13.7. The van der Waals surface area contributed by atoms with Crippen LogP contribution in [0.25, 0.3) is 11.6 Å². The Labute approximate surface area is 120 Å². The molecule has 102 valence electrons. The lowest BCUT2D eigenvalue weighted by Gasteiger charge is -2.17. The van der Waals surface area contributed by atoms with E-state index in [-0.39, 0.29) is 5.82 Å². The Morgan fingerprint density at radius 2 is 1.80 bits per heavy atom. The minimum atomic E-state index is -0.0731. The molecule has 0 fully saturated rings. The van der Waals surface area contributed by atoms with Crippen LogP contribution in [0, 0.1) is 5.82 Å². The molecule has 0 spiro atoms. The summed E-state index contributed by atoms with van der Waals surface area (Å²) >= 11 is 0. The van der Waals surface area contributed by atoms with Crippen molar-refractivity contribution < 1.29 is 4.39 Å². The second-order valence-electron chi connectivity index (χ2n) is 5.42. The SMILES string of the molecule is CCCc1ccc(C2=Cc3cccc(F)c3CC2)cc1. The van der Waals surface area contributed by atoms with Crippen molar-refractivity contribution in [2.24, 2.45) is 0 Å². The fourth-order valence-electron chi connectivity index (χ4n) is 2.90. The number of hydrogen-bond donors (Lipinski definition) is 0. The molecule has 0 aliphatic heterocycles. The highest BCUT2D eigenvalue weighted by molar-refractivity contribution is 5.84. The molecule has 0 saturated carbocycles.